The summed E-state index contributed by atoms with van der Waals surface area (Å²) < 4.78 is 0. The molecule has 0 spiro atoms. The van der Waals surface area contributed by atoms with Crippen LogP contribution in [0.4, 0.5) is 0 Å². The second-order valence-electron chi connectivity index (χ2n) is 6.71. The predicted molar refractivity (Wildman–Crippen MR) is 83.8 cm³/mol. The Bertz CT molecular complexity index is 373. The number of hydrogen-bond acceptors (Lipinski definition) is 2. The quantitative estimate of drug-likeness (QED) is 0.866. The lowest BCUT2D eigenvalue weighted by Gasteiger charge is -2.37. The van der Waals surface area contributed by atoms with Gasteiger partial charge in [-0.1, -0.05) is 33.1 Å². The Kier molecular flexibility index (Phi) is 5.65. The third-order valence-electron chi connectivity index (χ3n) is 5.25. The molecule has 2 amide bonds. The van der Waals surface area contributed by atoms with Gasteiger partial charge in [-0.15, -0.1) is 0 Å². The third kappa shape index (κ3) is 3.58. The van der Waals surface area contributed by atoms with Crippen molar-refractivity contribution >= 4 is 11.8 Å². The van der Waals surface area contributed by atoms with Crippen LogP contribution in [-0.4, -0.2) is 34.8 Å². The summed E-state index contributed by atoms with van der Waals surface area (Å²) >= 11 is 0. The Morgan fingerprint density at radius 2 is 1.76 bits per heavy atom. The molecule has 1 heterocycles. The molecule has 4 heteroatoms. The van der Waals surface area contributed by atoms with Crippen LogP contribution in [-0.2, 0) is 9.59 Å². The Morgan fingerprint density at radius 1 is 1.14 bits per heavy atom. The Hall–Kier alpha value is -1.06. The van der Waals surface area contributed by atoms with Gasteiger partial charge < -0.3 is 10.2 Å². The SMILES string of the molecule is CCC(CC)N1C(=O)C(C2CCCCC2)NC(=O)CC1C. The van der Waals surface area contributed by atoms with Crippen LogP contribution >= 0.6 is 0 Å². The number of nitrogens with one attached hydrogen (secondary N) is 1. The highest BCUT2D eigenvalue weighted by molar-refractivity contribution is 5.91. The predicted octanol–water partition coefficient (Wildman–Crippen LogP) is 2.86. The fraction of sp³-hybridized carbons (Fsp3) is 0.882. The van der Waals surface area contributed by atoms with E-state index >= 15 is 0 Å². The van der Waals surface area contributed by atoms with Crippen molar-refractivity contribution in [3.63, 3.8) is 0 Å². The van der Waals surface area contributed by atoms with Crippen LogP contribution in [0.25, 0.3) is 0 Å². The van der Waals surface area contributed by atoms with Gasteiger partial charge in [-0.25, -0.2) is 0 Å². The van der Waals surface area contributed by atoms with Crippen molar-refractivity contribution in [3.8, 4) is 0 Å². The molecule has 1 saturated carbocycles. The van der Waals surface area contributed by atoms with Gasteiger partial charge >= 0.3 is 0 Å². The lowest BCUT2D eigenvalue weighted by molar-refractivity contribution is -0.139. The molecule has 2 fully saturated rings. The van der Waals surface area contributed by atoms with Gasteiger partial charge in [0.1, 0.15) is 6.04 Å². The smallest absolute Gasteiger partial charge is 0.245 e. The number of carbonyl (C=O) groups excluding carboxylic acids is 2. The van der Waals surface area contributed by atoms with Crippen LogP contribution in [0, 0.1) is 5.92 Å². The number of amides is 2. The summed E-state index contributed by atoms with van der Waals surface area (Å²) in [5, 5.41) is 3.03. The molecule has 2 aliphatic rings. The van der Waals surface area contributed by atoms with Crippen molar-refractivity contribution in [3.05, 3.63) is 0 Å². The summed E-state index contributed by atoms with van der Waals surface area (Å²) in [6.45, 7) is 6.27. The van der Waals surface area contributed by atoms with E-state index in [9.17, 15) is 9.59 Å². The van der Waals surface area contributed by atoms with Crippen LogP contribution in [0.3, 0.4) is 0 Å². The molecule has 0 bridgehead atoms. The first-order chi connectivity index (χ1) is 10.1. The minimum Gasteiger partial charge on any atom is -0.344 e. The summed E-state index contributed by atoms with van der Waals surface area (Å²) in [7, 11) is 0. The number of nitrogens with zero attached hydrogens (tertiary/aromatic N) is 1. The zero-order valence-electron chi connectivity index (χ0n) is 13.7. The molecule has 1 aliphatic carbocycles. The van der Waals surface area contributed by atoms with Gasteiger partial charge in [-0.3, -0.25) is 9.59 Å². The molecule has 4 nitrogen and oxygen atoms in total. The number of rotatable bonds is 4. The minimum atomic E-state index is -0.289. The molecule has 0 aromatic rings. The fourth-order valence-corrected chi connectivity index (χ4v) is 4.05. The van der Waals surface area contributed by atoms with Crippen molar-refractivity contribution in [1.82, 2.24) is 10.2 Å². The second kappa shape index (κ2) is 7.28. The van der Waals surface area contributed by atoms with Gasteiger partial charge in [0, 0.05) is 18.5 Å². The highest BCUT2D eigenvalue weighted by atomic mass is 16.2. The second-order valence-corrected chi connectivity index (χ2v) is 6.71. The maximum Gasteiger partial charge on any atom is 0.245 e. The summed E-state index contributed by atoms with van der Waals surface area (Å²) in [6, 6.07) is -0.0226. The number of carbonyl (C=O) groups is 2. The lowest BCUT2D eigenvalue weighted by Crippen LogP contribution is -2.53. The van der Waals surface area contributed by atoms with Crippen molar-refractivity contribution in [2.24, 2.45) is 5.92 Å². The van der Waals surface area contributed by atoms with Crippen molar-refractivity contribution < 1.29 is 9.59 Å². The van der Waals surface area contributed by atoms with Crippen LogP contribution in [0.1, 0.15) is 72.1 Å². The first-order valence-electron chi connectivity index (χ1n) is 8.70. The molecule has 1 saturated heterocycles. The van der Waals surface area contributed by atoms with Gasteiger partial charge in [0.15, 0.2) is 0 Å². The molecular weight excluding hydrogens is 264 g/mol. The maximum atomic E-state index is 13.1. The molecular formula is C17H30N2O2. The van der Waals surface area contributed by atoms with Crippen LogP contribution in [0.15, 0.2) is 0 Å². The van der Waals surface area contributed by atoms with E-state index in [0.29, 0.717) is 12.3 Å². The van der Waals surface area contributed by atoms with Gasteiger partial charge in [0.2, 0.25) is 11.8 Å². The van der Waals surface area contributed by atoms with Crippen molar-refractivity contribution in [2.75, 3.05) is 0 Å². The standard InChI is InChI=1S/C17H30N2O2/c1-4-14(5-2)19-12(3)11-15(20)18-16(17(19)21)13-9-7-6-8-10-13/h12-14,16H,4-11H2,1-3H3,(H,18,20). The summed E-state index contributed by atoms with van der Waals surface area (Å²) in [6.07, 6.45) is 8.12. The zero-order valence-corrected chi connectivity index (χ0v) is 13.7. The lowest BCUT2D eigenvalue weighted by atomic mass is 9.83. The van der Waals surface area contributed by atoms with E-state index in [1.807, 2.05) is 11.8 Å². The normalized spacial score (nSPS) is 28.7. The molecule has 2 rings (SSSR count). The molecule has 2 atom stereocenters. The first kappa shape index (κ1) is 16.3. The van der Waals surface area contributed by atoms with E-state index in [1.54, 1.807) is 0 Å². The largest absolute Gasteiger partial charge is 0.344 e. The zero-order chi connectivity index (χ0) is 15.4. The third-order valence-corrected chi connectivity index (χ3v) is 5.25. The number of hydrogen-bond donors (Lipinski definition) is 1. The molecule has 1 N–H and O–H groups in total. The van der Waals surface area contributed by atoms with Gasteiger partial charge in [0.25, 0.3) is 0 Å². The van der Waals surface area contributed by atoms with Gasteiger partial charge in [0.05, 0.1) is 0 Å². The van der Waals surface area contributed by atoms with Crippen LogP contribution in [0.2, 0.25) is 0 Å². The molecule has 2 unspecified atom stereocenters. The topological polar surface area (TPSA) is 49.4 Å². The summed E-state index contributed by atoms with van der Waals surface area (Å²) in [5.74, 6) is 0.534. The van der Waals surface area contributed by atoms with Crippen LogP contribution in [0.5, 0.6) is 0 Å². The average molecular weight is 294 g/mol. The molecule has 1 aliphatic heterocycles. The highest BCUT2D eigenvalue weighted by Gasteiger charge is 2.40. The van der Waals surface area contributed by atoms with Crippen LogP contribution < -0.4 is 5.32 Å². The van der Waals surface area contributed by atoms with Crippen molar-refractivity contribution in [2.45, 2.75) is 90.3 Å². The van der Waals surface area contributed by atoms with Crippen molar-refractivity contribution in [1.29, 1.82) is 0 Å². The van der Waals surface area contributed by atoms with E-state index < -0.39 is 0 Å². The highest BCUT2D eigenvalue weighted by Crippen LogP contribution is 2.30. The van der Waals surface area contributed by atoms with E-state index in [0.717, 1.165) is 25.7 Å². The molecule has 0 radical (unpaired) electrons. The Labute approximate surface area is 128 Å². The summed E-state index contributed by atoms with van der Waals surface area (Å²) in [4.78, 5) is 27.2. The van der Waals surface area contributed by atoms with E-state index in [2.05, 4.69) is 19.2 Å². The van der Waals surface area contributed by atoms with Gasteiger partial charge in [-0.2, -0.15) is 0 Å². The molecule has 120 valence electrons. The van der Waals surface area contributed by atoms with Gasteiger partial charge in [-0.05, 0) is 38.5 Å². The molecule has 21 heavy (non-hydrogen) atoms. The molecule has 0 aromatic carbocycles. The fourth-order valence-electron chi connectivity index (χ4n) is 4.05. The molecule has 0 aromatic heterocycles. The van der Waals surface area contributed by atoms with E-state index in [1.165, 1.54) is 19.3 Å². The minimum absolute atomic E-state index is 0.0102. The van der Waals surface area contributed by atoms with E-state index in [-0.39, 0.29) is 29.9 Å². The maximum absolute atomic E-state index is 13.1. The first-order valence-corrected chi connectivity index (χ1v) is 8.70. The monoisotopic (exact) mass is 294 g/mol. The summed E-state index contributed by atoms with van der Waals surface area (Å²) in [5.41, 5.74) is 0. The van der Waals surface area contributed by atoms with E-state index in [4.69, 9.17) is 0 Å². The Balaban J connectivity index is 2.23. The average Bonchev–Trinajstić information content (AvgIpc) is 2.60. The Morgan fingerprint density at radius 3 is 2.33 bits per heavy atom.